The van der Waals surface area contributed by atoms with Crippen molar-refractivity contribution >= 4 is 40.0 Å². The van der Waals surface area contributed by atoms with Crippen LogP contribution in [-0.2, 0) is 32.5 Å². The van der Waals surface area contributed by atoms with Crippen LogP contribution in [0.25, 0.3) is 89.0 Å². The zero-order valence-corrected chi connectivity index (χ0v) is 75.1. The highest BCUT2D eigenvalue weighted by molar-refractivity contribution is 6.32. The molecule has 0 heterocycles. The fourth-order valence-electron chi connectivity index (χ4n) is 25.7. The lowest BCUT2D eigenvalue weighted by Gasteiger charge is -2.50. The molecule has 3 heteroatoms. The summed E-state index contributed by atoms with van der Waals surface area (Å²) in [6.45, 7) is 9.48. The molecule has 0 atom stereocenters. The molecule has 0 saturated heterocycles. The minimum atomic E-state index is -0.638. The third-order valence-corrected chi connectivity index (χ3v) is 31.3. The number of benzene rings is 20. The van der Waals surface area contributed by atoms with Crippen LogP contribution in [0.3, 0.4) is 0 Å². The van der Waals surface area contributed by atoms with Gasteiger partial charge in [0.25, 0.3) is 0 Å². The monoisotopic (exact) mass is 1710 g/mol. The van der Waals surface area contributed by atoms with Gasteiger partial charge in [0.05, 0.1) is 27.3 Å². The van der Waals surface area contributed by atoms with Gasteiger partial charge in [-0.05, 0) is 268 Å². The summed E-state index contributed by atoms with van der Waals surface area (Å²) in [5.41, 5.74) is 50.6. The molecule has 1 N–H and O–H groups in total. The van der Waals surface area contributed by atoms with Crippen molar-refractivity contribution in [2.24, 2.45) is 0 Å². The van der Waals surface area contributed by atoms with Crippen LogP contribution in [0.15, 0.2) is 473 Å². The Morgan fingerprint density at radius 2 is 0.459 bits per heavy atom. The number of para-hydroxylation sites is 2. The average Bonchev–Trinajstić information content (AvgIpc) is 1.51. The van der Waals surface area contributed by atoms with Crippen LogP contribution in [-0.4, -0.2) is 0 Å². The van der Waals surface area contributed by atoms with E-state index in [1.54, 1.807) is 0 Å². The Hall–Kier alpha value is -15.7. The van der Waals surface area contributed by atoms with Gasteiger partial charge in [0.1, 0.15) is 0 Å². The Morgan fingerprint density at radius 1 is 0.180 bits per heavy atom. The molecule has 0 saturated carbocycles. The number of rotatable bonds is 7. The van der Waals surface area contributed by atoms with E-state index in [1.165, 1.54) is 206 Å². The number of nitrogens with zero attached hydrogens (tertiary/aromatic N) is 1. The molecule has 0 radical (unpaired) electrons. The first-order chi connectivity index (χ1) is 65.4. The van der Waals surface area contributed by atoms with Crippen LogP contribution in [0.4, 0.5) is 28.4 Å². The topological polar surface area (TPSA) is 15.3 Å². The molecule has 0 fully saturated rings. The van der Waals surface area contributed by atoms with Gasteiger partial charge in [0, 0.05) is 44.2 Å². The van der Waals surface area contributed by atoms with Crippen molar-refractivity contribution in [2.45, 2.75) is 60.2 Å². The highest BCUT2D eigenvalue weighted by Crippen LogP contribution is 2.72. The third-order valence-electron chi connectivity index (χ3n) is 31.0. The Morgan fingerprint density at radius 3 is 0.857 bits per heavy atom. The predicted octanol–water partition coefficient (Wildman–Crippen LogP) is 33.0. The first-order valence-electron chi connectivity index (χ1n) is 46.7. The summed E-state index contributed by atoms with van der Waals surface area (Å²) in [6.07, 6.45) is 0. The maximum absolute atomic E-state index is 7.43. The molecule has 20 aromatic carbocycles. The van der Waals surface area contributed by atoms with Crippen molar-refractivity contribution in [2.75, 3.05) is 10.2 Å². The molecule has 8 aliphatic carbocycles. The zero-order valence-electron chi connectivity index (χ0n) is 74.4. The van der Waals surface area contributed by atoms with Gasteiger partial charge in [-0.1, -0.05) is 440 Å². The Balaban J connectivity index is 0.000000116. The van der Waals surface area contributed by atoms with Crippen LogP contribution < -0.4 is 10.2 Å². The molecule has 0 aliphatic heterocycles. The van der Waals surface area contributed by atoms with Gasteiger partial charge < -0.3 is 10.2 Å². The van der Waals surface area contributed by atoms with Crippen molar-refractivity contribution in [3.8, 4) is 89.0 Å². The molecular weight excluding hydrogens is 1620 g/mol. The molecule has 0 amide bonds. The Kier molecular flexibility index (Phi) is 17.5. The minimum absolute atomic E-state index is 0.0240. The SMILES string of the molecule is CC1(C)c2cc(-c3ccccc3)ccc2-c2ccc(N(c3ccccc3)c3cccc4c3C3(c5ccccc5-c5ccccc53)c3ccccc3C43c4ccccc4-c4ccccc43)cc21.CC1(C)c2cc(Nc3ccccc3)ccc2-c2ccc(-c3ccccc3)cc21.Clc1cccc2c1C1(c3ccccc3-c3ccccc31)c1ccccc1C21c2ccccc2-c2ccccc21. The number of nitrogens with one attached hydrogen (secondary N) is 1. The summed E-state index contributed by atoms with van der Waals surface area (Å²) in [6, 6.07) is 176. The van der Waals surface area contributed by atoms with Gasteiger partial charge in [-0.2, -0.15) is 0 Å². The summed E-state index contributed by atoms with van der Waals surface area (Å²) in [5, 5.41) is 4.35. The van der Waals surface area contributed by atoms with Crippen molar-refractivity contribution in [3.63, 3.8) is 0 Å². The summed E-state index contributed by atoms with van der Waals surface area (Å²) >= 11 is 7.43. The molecule has 133 heavy (non-hydrogen) atoms. The lowest BCUT2D eigenvalue weighted by Crippen LogP contribution is -2.44. The molecule has 4 spiro atoms. The summed E-state index contributed by atoms with van der Waals surface area (Å²) in [5.74, 6) is 0. The van der Waals surface area contributed by atoms with E-state index in [0.717, 1.165) is 27.8 Å². The van der Waals surface area contributed by atoms with Gasteiger partial charge in [-0.25, -0.2) is 0 Å². The number of fused-ring (bicyclic) bond motifs is 38. The van der Waals surface area contributed by atoms with E-state index in [1.807, 2.05) is 6.07 Å². The largest absolute Gasteiger partial charge is 0.356 e. The maximum atomic E-state index is 7.43. The van der Waals surface area contributed by atoms with E-state index in [-0.39, 0.29) is 10.8 Å². The lowest BCUT2D eigenvalue weighted by molar-refractivity contribution is 0.633. The molecule has 0 bridgehead atoms. The van der Waals surface area contributed by atoms with Gasteiger partial charge in [0.2, 0.25) is 0 Å². The Labute approximate surface area is 783 Å². The standard InChI is InChI=1S/C65H45N.C38H23Cl.C27H23N/c1-63(2)59-40-43(42-20-5-3-6-21-42)36-38-50(59)51-39-37-45(41-60(51)63)66(44-22-7-4-8-23-44)61-35-19-34-58-62(61)65(54-30-15-11-26-48(54)49-27-12-16-31-55(49)65)57-33-18-17-32-56(57)64(58)52-28-13-9-24-46(52)47-25-10-14-29-53(47)64;39-35-23-11-22-34-36(35)38(30-18-7-3-14-26(30)27-15-4-8-19-31(27)38)33-21-10-9-20-32(33)37(34)28-16-5-1-12-24(28)25-13-2-6-17-29(25)37;1-27(2)25-17-20(19-9-5-3-6-10-19)13-15-23(25)24-16-14-22(18-26(24)27)28-21-11-7-4-8-12-21/h3-41H,1-2H3;1-23H;3-18,28H,1-2H3. The van der Waals surface area contributed by atoms with Crippen LogP contribution in [0.2, 0.25) is 5.02 Å². The molecule has 2 nitrogen and oxygen atoms in total. The smallest absolute Gasteiger partial charge is 0.0740 e. The van der Waals surface area contributed by atoms with Crippen molar-refractivity contribution in [1.29, 1.82) is 0 Å². The summed E-state index contributed by atoms with van der Waals surface area (Å²) < 4.78 is 0. The van der Waals surface area contributed by atoms with E-state index in [2.05, 4.69) is 505 Å². The second-order valence-electron chi connectivity index (χ2n) is 38.0. The van der Waals surface area contributed by atoms with Gasteiger partial charge in [-0.15, -0.1) is 0 Å². The van der Waals surface area contributed by atoms with Crippen LogP contribution in [0.1, 0.15) is 139 Å². The molecular formula is C130H91ClN2. The molecule has 628 valence electrons. The normalized spacial score (nSPS) is 15.0. The second-order valence-corrected chi connectivity index (χ2v) is 38.4. The maximum Gasteiger partial charge on any atom is 0.0740 e. The quantitative estimate of drug-likeness (QED) is 0.171. The van der Waals surface area contributed by atoms with Crippen LogP contribution in [0, 0.1) is 0 Å². The lowest BCUT2D eigenvalue weighted by atomic mass is 9.52. The zero-order chi connectivity index (χ0) is 88.7. The number of hydrogen-bond acceptors (Lipinski definition) is 2. The fourth-order valence-corrected chi connectivity index (χ4v) is 26.0. The molecule has 0 unspecified atom stereocenters. The fraction of sp³-hybridized carbons (Fsp3) is 0.0769. The highest BCUT2D eigenvalue weighted by atomic mass is 35.5. The van der Waals surface area contributed by atoms with Crippen molar-refractivity contribution < 1.29 is 0 Å². The van der Waals surface area contributed by atoms with Crippen molar-refractivity contribution in [3.05, 3.63) is 589 Å². The number of hydrogen-bond donors (Lipinski definition) is 1. The molecule has 8 aliphatic rings. The minimum Gasteiger partial charge on any atom is -0.356 e. The first kappa shape index (κ1) is 78.3. The number of anilines is 5. The average molecular weight is 1720 g/mol. The summed E-state index contributed by atoms with van der Waals surface area (Å²) in [7, 11) is 0. The summed E-state index contributed by atoms with van der Waals surface area (Å²) in [4.78, 5) is 2.58. The highest BCUT2D eigenvalue weighted by Gasteiger charge is 2.62. The predicted molar refractivity (Wildman–Crippen MR) is 551 cm³/mol. The van der Waals surface area contributed by atoms with Gasteiger partial charge in [0.15, 0.2) is 0 Å². The van der Waals surface area contributed by atoms with E-state index >= 15 is 0 Å². The number of halogens is 1. The van der Waals surface area contributed by atoms with E-state index in [9.17, 15) is 0 Å². The van der Waals surface area contributed by atoms with Gasteiger partial charge >= 0.3 is 0 Å². The van der Waals surface area contributed by atoms with E-state index in [0.29, 0.717) is 0 Å². The van der Waals surface area contributed by atoms with E-state index in [4.69, 9.17) is 11.6 Å². The second kappa shape index (κ2) is 29.7. The van der Waals surface area contributed by atoms with Gasteiger partial charge in [-0.3, -0.25) is 0 Å². The Bertz CT molecular complexity index is 8010. The molecule has 28 rings (SSSR count). The molecule has 0 aromatic heterocycles. The third kappa shape index (κ3) is 10.8. The molecule has 20 aromatic rings. The van der Waals surface area contributed by atoms with Crippen molar-refractivity contribution in [1.82, 2.24) is 0 Å². The van der Waals surface area contributed by atoms with Crippen LogP contribution >= 0.6 is 11.6 Å². The first-order valence-corrected chi connectivity index (χ1v) is 47.1. The van der Waals surface area contributed by atoms with Crippen LogP contribution in [0.5, 0.6) is 0 Å². The van der Waals surface area contributed by atoms with E-state index < -0.39 is 21.7 Å².